The minimum Gasteiger partial charge on any atom is -0.388 e. The summed E-state index contributed by atoms with van der Waals surface area (Å²) < 4.78 is 39.2. The van der Waals surface area contributed by atoms with E-state index in [1.54, 1.807) is 6.92 Å². The first-order valence-corrected chi connectivity index (χ1v) is 7.05. The molecule has 0 saturated heterocycles. The van der Waals surface area contributed by atoms with Crippen LogP contribution in [0.3, 0.4) is 0 Å². The van der Waals surface area contributed by atoms with Crippen LogP contribution in [-0.2, 0) is 9.59 Å². The molecule has 8 heteroatoms. The summed E-state index contributed by atoms with van der Waals surface area (Å²) in [6.07, 6.45) is 0.662. The second-order valence-corrected chi connectivity index (χ2v) is 5.53. The van der Waals surface area contributed by atoms with Gasteiger partial charge >= 0.3 is 11.8 Å². The number of hydrogen-bond donors (Lipinski definition) is 3. The molecule has 0 unspecified atom stereocenters. The van der Waals surface area contributed by atoms with Crippen LogP contribution >= 0.6 is 0 Å². The molecular formula is C15H19F3N2O3. The van der Waals surface area contributed by atoms with Crippen LogP contribution in [0.1, 0.15) is 27.2 Å². The first-order chi connectivity index (χ1) is 10.6. The van der Waals surface area contributed by atoms with E-state index < -0.39 is 40.6 Å². The topological polar surface area (TPSA) is 78.4 Å². The molecule has 0 aliphatic heterocycles. The molecule has 128 valence electrons. The molecule has 3 N–H and O–H groups in total. The maximum atomic E-state index is 13.4. The van der Waals surface area contributed by atoms with Gasteiger partial charge in [0, 0.05) is 6.54 Å². The predicted molar refractivity (Wildman–Crippen MR) is 78.0 cm³/mol. The molecule has 0 radical (unpaired) electrons. The molecular weight excluding hydrogens is 313 g/mol. The van der Waals surface area contributed by atoms with Gasteiger partial charge < -0.3 is 15.7 Å². The van der Waals surface area contributed by atoms with Crippen molar-refractivity contribution < 1.29 is 27.9 Å². The fourth-order valence-electron chi connectivity index (χ4n) is 1.76. The van der Waals surface area contributed by atoms with Gasteiger partial charge in [-0.1, -0.05) is 20.3 Å². The number of halogens is 3. The number of anilines is 1. The molecule has 5 nitrogen and oxygen atoms in total. The molecule has 23 heavy (non-hydrogen) atoms. The Labute approximate surface area is 131 Å². The van der Waals surface area contributed by atoms with Crippen molar-refractivity contribution in [2.24, 2.45) is 5.92 Å². The number of amides is 2. The number of carbonyl (C=O) groups excluding carboxylic acids is 2. The molecule has 1 aromatic rings. The van der Waals surface area contributed by atoms with Crippen molar-refractivity contribution in [3.8, 4) is 0 Å². The number of benzene rings is 1. The van der Waals surface area contributed by atoms with Crippen molar-refractivity contribution in [3.63, 3.8) is 0 Å². The molecule has 0 bridgehead atoms. The van der Waals surface area contributed by atoms with Gasteiger partial charge in [0.2, 0.25) is 0 Å². The van der Waals surface area contributed by atoms with Crippen molar-refractivity contribution in [1.29, 1.82) is 0 Å². The Morgan fingerprint density at radius 1 is 1.22 bits per heavy atom. The lowest BCUT2D eigenvalue weighted by Crippen LogP contribution is -2.47. The number of carbonyl (C=O) groups is 2. The van der Waals surface area contributed by atoms with E-state index in [9.17, 15) is 27.9 Å². The van der Waals surface area contributed by atoms with Gasteiger partial charge in [0.15, 0.2) is 17.5 Å². The first kappa shape index (κ1) is 19.0. The zero-order valence-electron chi connectivity index (χ0n) is 13.0. The van der Waals surface area contributed by atoms with E-state index in [0.29, 0.717) is 12.5 Å². The van der Waals surface area contributed by atoms with Gasteiger partial charge in [0.05, 0.1) is 11.3 Å². The minimum absolute atomic E-state index is 0.130. The third kappa shape index (κ3) is 4.69. The molecule has 0 aliphatic carbocycles. The molecule has 2 atom stereocenters. The van der Waals surface area contributed by atoms with Gasteiger partial charge in [0.1, 0.15) is 0 Å². The second-order valence-electron chi connectivity index (χ2n) is 5.53. The summed E-state index contributed by atoms with van der Waals surface area (Å²) in [5.74, 6) is -7.27. The number of rotatable bonds is 5. The van der Waals surface area contributed by atoms with Crippen molar-refractivity contribution in [1.82, 2.24) is 5.32 Å². The fourth-order valence-corrected chi connectivity index (χ4v) is 1.76. The van der Waals surface area contributed by atoms with Crippen LogP contribution in [0.5, 0.6) is 0 Å². The number of nitrogens with one attached hydrogen (secondary N) is 2. The molecule has 0 saturated carbocycles. The average molecular weight is 332 g/mol. The van der Waals surface area contributed by atoms with Crippen LogP contribution in [0.4, 0.5) is 18.9 Å². The Hall–Kier alpha value is -2.09. The Kier molecular flexibility index (Phi) is 6.14. The molecule has 1 rings (SSSR count). The highest BCUT2D eigenvalue weighted by molar-refractivity contribution is 6.39. The van der Waals surface area contributed by atoms with Crippen molar-refractivity contribution >= 4 is 17.5 Å². The van der Waals surface area contributed by atoms with Crippen LogP contribution in [0.15, 0.2) is 12.1 Å². The summed E-state index contributed by atoms with van der Waals surface area (Å²) in [5, 5.41) is 14.2. The highest BCUT2D eigenvalue weighted by Crippen LogP contribution is 2.20. The fraction of sp³-hybridized carbons (Fsp3) is 0.467. The highest BCUT2D eigenvalue weighted by atomic mass is 19.2. The standard InChI is InChI=1S/C15H19F3N2O3/c1-4-8(2)15(3,23)7-19-13(21)14(22)20-10-6-5-9(16)11(17)12(10)18/h5-6,8,23H,4,7H2,1-3H3,(H,19,21)(H,20,22)/t8-,15+/m1/s1. The largest absolute Gasteiger partial charge is 0.388 e. The summed E-state index contributed by atoms with van der Waals surface area (Å²) in [6.45, 7) is 4.96. The van der Waals surface area contributed by atoms with Gasteiger partial charge in [-0.15, -0.1) is 0 Å². The van der Waals surface area contributed by atoms with Crippen LogP contribution in [0, 0.1) is 23.4 Å². The van der Waals surface area contributed by atoms with Crippen LogP contribution < -0.4 is 10.6 Å². The Bertz CT molecular complexity index is 606. The third-order valence-corrected chi connectivity index (χ3v) is 3.77. The SMILES string of the molecule is CC[C@@H](C)[C@@](C)(O)CNC(=O)C(=O)Nc1ccc(F)c(F)c1F. The van der Waals surface area contributed by atoms with E-state index in [-0.39, 0.29) is 12.5 Å². The minimum atomic E-state index is -1.75. The Morgan fingerprint density at radius 2 is 1.83 bits per heavy atom. The second kappa shape index (κ2) is 7.45. The highest BCUT2D eigenvalue weighted by Gasteiger charge is 2.28. The summed E-state index contributed by atoms with van der Waals surface area (Å²) in [5.41, 5.74) is -1.88. The van der Waals surface area contributed by atoms with Gasteiger partial charge in [-0.2, -0.15) is 0 Å². The number of hydrogen-bond acceptors (Lipinski definition) is 3. The summed E-state index contributed by atoms with van der Waals surface area (Å²) >= 11 is 0. The summed E-state index contributed by atoms with van der Waals surface area (Å²) in [4.78, 5) is 23.3. The van der Waals surface area contributed by atoms with Crippen LogP contribution in [0.2, 0.25) is 0 Å². The molecule has 0 aliphatic rings. The van der Waals surface area contributed by atoms with E-state index in [2.05, 4.69) is 5.32 Å². The van der Waals surface area contributed by atoms with E-state index in [4.69, 9.17) is 0 Å². The lowest BCUT2D eigenvalue weighted by atomic mass is 9.89. The molecule has 0 spiro atoms. The maximum Gasteiger partial charge on any atom is 0.313 e. The normalized spacial score (nSPS) is 14.7. The lowest BCUT2D eigenvalue weighted by molar-refractivity contribution is -0.137. The smallest absolute Gasteiger partial charge is 0.313 e. The van der Waals surface area contributed by atoms with Crippen molar-refractivity contribution in [2.75, 3.05) is 11.9 Å². The zero-order valence-corrected chi connectivity index (χ0v) is 13.0. The van der Waals surface area contributed by atoms with Crippen molar-refractivity contribution in [2.45, 2.75) is 32.8 Å². The van der Waals surface area contributed by atoms with Crippen LogP contribution in [0.25, 0.3) is 0 Å². The van der Waals surface area contributed by atoms with Gasteiger partial charge in [-0.05, 0) is 25.0 Å². The van der Waals surface area contributed by atoms with Gasteiger partial charge in [0.25, 0.3) is 0 Å². The van der Waals surface area contributed by atoms with E-state index in [0.717, 1.165) is 6.07 Å². The monoisotopic (exact) mass is 332 g/mol. The lowest BCUT2D eigenvalue weighted by Gasteiger charge is -2.29. The Morgan fingerprint density at radius 3 is 2.39 bits per heavy atom. The molecule has 0 aromatic heterocycles. The van der Waals surface area contributed by atoms with Crippen LogP contribution in [-0.4, -0.2) is 29.1 Å². The third-order valence-electron chi connectivity index (χ3n) is 3.77. The molecule has 1 aromatic carbocycles. The Balaban J connectivity index is 2.69. The quantitative estimate of drug-likeness (QED) is 0.570. The van der Waals surface area contributed by atoms with Gasteiger partial charge in [-0.25, -0.2) is 13.2 Å². The zero-order chi connectivity index (χ0) is 17.8. The average Bonchev–Trinajstić information content (AvgIpc) is 2.52. The van der Waals surface area contributed by atoms with Crippen molar-refractivity contribution in [3.05, 3.63) is 29.6 Å². The predicted octanol–water partition coefficient (Wildman–Crippen LogP) is 1.96. The first-order valence-electron chi connectivity index (χ1n) is 7.05. The molecule has 0 fully saturated rings. The van der Waals surface area contributed by atoms with E-state index in [1.165, 1.54) is 6.92 Å². The van der Waals surface area contributed by atoms with E-state index in [1.807, 2.05) is 12.2 Å². The molecule has 0 heterocycles. The van der Waals surface area contributed by atoms with E-state index >= 15 is 0 Å². The number of aliphatic hydroxyl groups is 1. The maximum absolute atomic E-state index is 13.4. The summed E-state index contributed by atoms with van der Waals surface area (Å²) in [7, 11) is 0. The molecule has 2 amide bonds. The van der Waals surface area contributed by atoms with Gasteiger partial charge in [-0.3, -0.25) is 9.59 Å². The summed E-state index contributed by atoms with van der Waals surface area (Å²) in [6, 6.07) is 1.42.